The molecule has 7 heteroatoms. The lowest BCUT2D eigenvalue weighted by Gasteiger charge is -2.15. The number of aromatic nitrogens is 2. The molecule has 4 rings (SSSR count). The number of hydrogen-bond donors (Lipinski definition) is 1. The highest BCUT2D eigenvalue weighted by atomic mass is 16.5. The van der Waals surface area contributed by atoms with Crippen molar-refractivity contribution in [3.05, 3.63) is 99.6 Å². The summed E-state index contributed by atoms with van der Waals surface area (Å²) >= 11 is 0. The van der Waals surface area contributed by atoms with Crippen LogP contribution in [0.5, 0.6) is 5.75 Å². The van der Waals surface area contributed by atoms with Crippen molar-refractivity contribution >= 4 is 28.3 Å². The molecule has 0 atom stereocenters. The number of amides is 1. The van der Waals surface area contributed by atoms with Gasteiger partial charge in [-0.15, -0.1) is 0 Å². The van der Waals surface area contributed by atoms with Crippen LogP contribution >= 0.6 is 0 Å². The van der Waals surface area contributed by atoms with Gasteiger partial charge in [-0.05, 0) is 49.7 Å². The number of nitrogens with one attached hydrogen (secondary N) is 1. The molecule has 0 unspecified atom stereocenters. The molecular weight excluding hydrogens is 418 g/mol. The first kappa shape index (κ1) is 22.0. The lowest BCUT2D eigenvalue weighted by molar-refractivity contribution is -0.116. The van der Waals surface area contributed by atoms with E-state index in [4.69, 9.17) is 4.74 Å². The Hall–Kier alpha value is -4.26. The van der Waals surface area contributed by atoms with E-state index in [9.17, 15) is 14.4 Å². The maximum Gasteiger partial charge on any atom is 0.244 e. The molecule has 2 aromatic carbocycles. The van der Waals surface area contributed by atoms with E-state index >= 15 is 0 Å². The maximum atomic E-state index is 13.2. The summed E-state index contributed by atoms with van der Waals surface area (Å²) in [6.45, 7) is 3.82. The topological polar surface area (TPSA) is 90.3 Å². The SMILES string of the molecule is COc1ccc2c(=O)c(C(=O)c3ccncc3)cn(CC(=O)Nc3ccc(C)cc3C)c2c1. The minimum absolute atomic E-state index is 0.0156. The average Bonchev–Trinajstić information content (AvgIpc) is 2.82. The van der Waals surface area contributed by atoms with E-state index in [1.54, 1.807) is 34.9 Å². The zero-order valence-corrected chi connectivity index (χ0v) is 18.6. The largest absolute Gasteiger partial charge is 0.497 e. The van der Waals surface area contributed by atoms with Crippen LogP contribution in [0.15, 0.2) is 71.9 Å². The van der Waals surface area contributed by atoms with Gasteiger partial charge in [0.2, 0.25) is 11.3 Å². The van der Waals surface area contributed by atoms with Crippen molar-refractivity contribution < 1.29 is 14.3 Å². The number of pyridine rings is 2. The first-order chi connectivity index (χ1) is 15.9. The molecule has 4 aromatic rings. The second-order valence-electron chi connectivity index (χ2n) is 7.81. The van der Waals surface area contributed by atoms with Crippen molar-refractivity contribution in [1.29, 1.82) is 0 Å². The van der Waals surface area contributed by atoms with Gasteiger partial charge in [-0.2, -0.15) is 0 Å². The number of fused-ring (bicyclic) bond motifs is 1. The van der Waals surface area contributed by atoms with Crippen molar-refractivity contribution in [3.8, 4) is 5.75 Å². The summed E-state index contributed by atoms with van der Waals surface area (Å²) in [5, 5.41) is 3.24. The van der Waals surface area contributed by atoms with Crippen LogP contribution in [0.3, 0.4) is 0 Å². The van der Waals surface area contributed by atoms with Crippen LogP contribution in [0.4, 0.5) is 5.69 Å². The van der Waals surface area contributed by atoms with E-state index in [0.29, 0.717) is 27.9 Å². The highest BCUT2D eigenvalue weighted by molar-refractivity contribution is 6.10. The molecule has 0 radical (unpaired) electrons. The number of nitrogens with zero attached hydrogens (tertiary/aromatic N) is 2. The minimum atomic E-state index is -0.427. The third kappa shape index (κ3) is 4.52. The van der Waals surface area contributed by atoms with Gasteiger partial charge in [-0.3, -0.25) is 19.4 Å². The van der Waals surface area contributed by atoms with Crippen molar-refractivity contribution in [2.24, 2.45) is 0 Å². The molecule has 0 fully saturated rings. The van der Waals surface area contributed by atoms with Crippen LogP contribution in [-0.4, -0.2) is 28.4 Å². The number of carbonyl (C=O) groups is 2. The zero-order valence-electron chi connectivity index (χ0n) is 18.6. The summed E-state index contributed by atoms with van der Waals surface area (Å²) in [6, 6.07) is 13.8. The van der Waals surface area contributed by atoms with Crippen LogP contribution in [0.1, 0.15) is 27.0 Å². The Bertz CT molecular complexity index is 1430. The molecule has 166 valence electrons. The van der Waals surface area contributed by atoms with E-state index in [2.05, 4.69) is 10.3 Å². The number of methoxy groups -OCH3 is 1. The van der Waals surface area contributed by atoms with E-state index in [1.165, 1.54) is 25.7 Å². The van der Waals surface area contributed by atoms with Gasteiger partial charge in [0, 0.05) is 41.3 Å². The Kier molecular flexibility index (Phi) is 6.04. The molecule has 0 saturated carbocycles. The summed E-state index contributed by atoms with van der Waals surface area (Å²) < 4.78 is 6.91. The smallest absolute Gasteiger partial charge is 0.244 e. The van der Waals surface area contributed by atoms with Gasteiger partial charge in [-0.1, -0.05) is 17.7 Å². The fourth-order valence-electron chi connectivity index (χ4n) is 3.75. The van der Waals surface area contributed by atoms with Crippen LogP contribution < -0.4 is 15.5 Å². The number of aryl methyl sites for hydroxylation is 2. The quantitative estimate of drug-likeness (QED) is 0.459. The monoisotopic (exact) mass is 441 g/mol. The second kappa shape index (κ2) is 9.08. The molecule has 0 saturated heterocycles. The lowest BCUT2D eigenvalue weighted by Crippen LogP contribution is -2.24. The van der Waals surface area contributed by atoms with E-state index in [0.717, 1.165) is 11.1 Å². The van der Waals surface area contributed by atoms with Crippen LogP contribution in [0, 0.1) is 13.8 Å². The number of ether oxygens (including phenoxy) is 1. The Morgan fingerprint density at radius 3 is 2.48 bits per heavy atom. The molecule has 1 N–H and O–H groups in total. The van der Waals surface area contributed by atoms with Gasteiger partial charge in [0.25, 0.3) is 0 Å². The fraction of sp³-hybridized carbons (Fsp3) is 0.154. The molecule has 1 amide bonds. The first-order valence-corrected chi connectivity index (χ1v) is 10.4. The van der Waals surface area contributed by atoms with Crippen LogP contribution in [0.25, 0.3) is 10.9 Å². The third-order valence-corrected chi connectivity index (χ3v) is 5.45. The molecular formula is C26H23N3O4. The fourth-order valence-corrected chi connectivity index (χ4v) is 3.75. The maximum absolute atomic E-state index is 13.2. The molecule has 0 bridgehead atoms. The molecule has 0 aliphatic rings. The zero-order chi connectivity index (χ0) is 23.5. The standard InChI is InChI=1S/C26H23N3O4/c1-16-4-7-22(17(2)12-16)28-24(30)15-29-14-21(25(31)18-8-10-27-11-9-18)26(32)20-6-5-19(33-3)13-23(20)29/h4-14H,15H2,1-3H3,(H,28,30). The number of carbonyl (C=O) groups excluding carboxylic acids is 2. The van der Waals surface area contributed by atoms with Crippen LogP contribution in [-0.2, 0) is 11.3 Å². The third-order valence-electron chi connectivity index (χ3n) is 5.45. The Labute approximate surface area is 190 Å². The van der Waals surface area contributed by atoms with Gasteiger partial charge in [0.1, 0.15) is 12.3 Å². The van der Waals surface area contributed by atoms with Crippen molar-refractivity contribution in [3.63, 3.8) is 0 Å². The van der Waals surface area contributed by atoms with Gasteiger partial charge >= 0.3 is 0 Å². The average molecular weight is 441 g/mol. The molecule has 33 heavy (non-hydrogen) atoms. The van der Waals surface area contributed by atoms with Gasteiger partial charge in [0.15, 0.2) is 5.78 Å². The predicted octanol–water partition coefficient (Wildman–Crippen LogP) is 3.89. The normalized spacial score (nSPS) is 10.8. The number of rotatable bonds is 6. The Morgan fingerprint density at radius 2 is 1.79 bits per heavy atom. The van der Waals surface area contributed by atoms with Gasteiger partial charge in [-0.25, -0.2) is 0 Å². The predicted molar refractivity (Wildman–Crippen MR) is 127 cm³/mol. The van der Waals surface area contributed by atoms with Gasteiger partial charge < -0.3 is 14.6 Å². The highest BCUT2D eigenvalue weighted by Crippen LogP contribution is 2.21. The molecule has 0 aliphatic heterocycles. The summed E-state index contributed by atoms with van der Waals surface area (Å²) in [6.07, 6.45) is 4.43. The second-order valence-corrected chi connectivity index (χ2v) is 7.81. The van der Waals surface area contributed by atoms with E-state index < -0.39 is 11.2 Å². The lowest BCUT2D eigenvalue weighted by atomic mass is 10.0. The number of ketones is 1. The summed E-state index contributed by atoms with van der Waals surface area (Å²) in [4.78, 5) is 43.1. The number of hydrogen-bond acceptors (Lipinski definition) is 5. The summed E-state index contributed by atoms with van der Waals surface area (Å²) in [5.74, 6) is -0.167. The minimum Gasteiger partial charge on any atom is -0.497 e. The summed E-state index contributed by atoms with van der Waals surface area (Å²) in [7, 11) is 1.53. The molecule has 0 spiro atoms. The van der Waals surface area contributed by atoms with Crippen molar-refractivity contribution in [2.75, 3.05) is 12.4 Å². The Balaban J connectivity index is 1.78. The molecule has 2 heterocycles. The van der Waals surface area contributed by atoms with Gasteiger partial charge in [0.05, 0.1) is 18.2 Å². The molecule has 0 aliphatic carbocycles. The number of benzene rings is 2. The highest BCUT2D eigenvalue weighted by Gasteiger charge is 2.19. The van der Waals surface area contributed by atoms with Crippen molar-refractivity contribution in [2.45, 2.75) is 20.4 Å². The van der Waals surface area contributed by atoms with E-state index in [1.807, 2.05) is 32.0 Å². The van der Waals surface area contributed by atoms with Crippen LogP contribution in [0.2, 0.25) is 0 Å². The number of anilines is 1. The summed E-state index contributed by atoms with van der Waals surface area (Å²) in [5.41, 5.74) is 3.19. The molecule has 7 nitrogen and oxygen atoms in total. The van der Waals surface area contributed by atoms with E-state index in [-0.39, 0.29) is 18.0 Å². The first-order valence-electron chi connectivity index (χ1n) is 10.4. The van der Waals surface area contributed by atoms with Crippen molar-refractivity contribution in [1.82, 2.24) is 9.55 Å². The molecule has 2 aromatic heterocycles. The Morgan fingerprint density at radius 1 is 1.03 bits per heavy atom.